The van der Waals surface area contributed by atoms with Crippen LogP contribution in [-0.4, -0.2) is 11.6 Å². The third kappa shape index (κ3) is 20.9. The van der Waals surface area contributed by atoms with Gasteiger partial charge in [0.15, 0.2) is 11.6 Å². The van der Waals surface area contributed by atoms with Gasteiger partial charge in [-0.1, -0.05) is 40.5 Å². The van der Waals surface area contributed by atoms with E-state index in [9.17, 15) is 19.8 Å². The number of hydrogen-bond donors (Lipinski definition) is 0. The second-order valence-electron chi connectivity index (χ2n) is 5.15. The van der Waals surface area contributed by atoms with E-state index in [0.717, 1.165) is 25.7 Å². The predicted octanol–water partition coefficient (Wildman–Crippen LogP) is 2.80. The number of rotatable bonds is 10. The van der Waals surface area contributed by atoms with Gasteiger partial charge in [-0.2, -0.15) is 0 Å². The van der Waals surface area contributed by atoms with Crippen LogP contribution in [0.5, 0.6) is 0 Å². The minimum absolute atomic E-state index is 0. The topological polar surface area (TPSA) is 80.3 Å². The maximum absolute atomic E-state index is 10.9. The van der Waals surface area contributed by atoms with Gasteiger partial charge in [-0.15, -0.1) is 11.5 Å². The molecule has 4 nitrogen and oxygen atoms in total. The van der Waals surface area contributed by atoms with E-state index in [1.165, 1.54) is 12.2 Å². The van der Waals surface area contributed by atoms with E-state index in [1.54, 1.807) is 0 Å². The van der Waals surface area contributed by atoms with E-state index in [4.69, 9.17) is 0 Å². The Kier molecular flexibility index (Phi) is 22.1. The largest absolute Gasteiger partial charge is 2.00 e. The van der Waals surface area contributed by atoms with Crippen LogP contribution in [0.3, 0.4) is 0 Å². The van der Waals surface area contributed by atoms with Crippen LogP contribution in [0.2, 0.25) is 0 Å². The van der Waals surface area contributed by atoms with Crippen molar-refractivity contribution < 1.29 is 36.9 Å². The Labute approximate surface area is 151 Å². The molecule has 1 radical (unpaired) electrons. The van der Waals surface area contributed by atoms with Crippen molar-refractivity contribution in [2.75, 3.05) is 0 Å². The van der Waals surface area contributed by atoms with Crippen LogP contribution >= 0.6 is 0 Å². The number of carbonyl (C=O) groups is 2. The molecule has 0 aliphatic carbocycles. The Morgan fingerprint density at radius 1 is 0.652 bits per heavy atom. The number of hydrogen-bond acceptors (Lipinski definition) is 4. The van der Waals surface area contributed by atoms with Gasteiger partial charge in [0.05, 0.1) is 0 Å². The van der Waals surface area contributed by atoms with Crippen molar-refractivity contribution in [3.8, 4) is 0 Å². The summed E-state index contributed by atoms with van der Waals surface area (Å²) >= 11 is 0. The second-order valence-corrected chi connectivity index (χ2v) is 5.15. The van der Waals surface area contributed by atoms with Crippen molar-refractivity contribution in [2.24, 2.45) is 0 Å². The molecule has 23 heavy (non-hydrogen) atoms. The normalized spacial score (nSPS) is 11.1. The van der Waals surface area contributed by atoms with Gasteiger partial charge in [0, 0.05) is 12.8 Å². The number of carbonyl (C=O) groups excluding carboxylic acids is 2. The molecular weight excluding hydrogens is 344 g/mol. The van der Waals surface area contributed by atoms with Crippen LogP contribution in [0.4, 0.5) is 0 Å². The Balaban J connectivity index is -0.000000333. The van der Waals surface area contributed by atoms with Crippen molar-refractivity contribution in [3.63, 3.8) is 0 Å². The first-order valence-electron chi connectivity index (χ1n) is 8.21. The van der Waals surface area contributed by atoms with Gasteiger partial charge in [-0.25, -0.2) is 0 Å². The quantitative estimate of drug-likeness (QED) is 0.335. The molecular formula is C18H30CuO4. The Morgan fingerprint density at radius 3 is 1.13 bits per heavy atom. The average Bonchev–Trinajstić information content (AvgIpc) is 2.40. The molecule has 0 N–H and O–H groups in total. The van der Waals surface area contributed by atoms with Crippen LogP contribution in [0.15, 0.2) is 23.7 Å². The van der Waals surface area contributed by atoms with E-state index >= 15 is 0 Å². The van der Waals surface area contributed by atoms with Gasteiger partial charge in [0.1, 0.15) is 0 Å². The van der Waals surface area contributed by atoms with E-state index in [1.807, 2.05) is 27.7 Å². The summed E-state index contributed by atoms with van der Waals surface area (Å²) in [7, 11) is 0. The summed E-state index contributed by atoms with van der Waals surface area (Å²) in [5.41, 5.74) is 0. The molecule has 5 heteroatoms. The van der Waals surface area contributed by atoms with Crippen LogP contribution in [0, 0.1) is 0 Å². The Hall–Kier alpha value is -1.06. The Bertz CT molecular complexity index is 337. The molecule has 0 aliphatic heterocycles. The molecule has 0 bridgehead atoms. The van der Waals surface area contributed by atoms with Crippen molar-refractivity contribution in [1.82, 2.24) is 0 Å². The number of allylic oxidation sites excluding steroid dienone is 4. The summed E-state index contributed by atoms with van der Waals surface area (Å²) in [5, 5.41) is 21.7. The molecule has 0 amide bonds. The molecule has 137 valence electrons. The van der Waals surface area contributed by atoms with Gasteiger partial charge in [0.25, 0.3) is 0 Å². The molecule has 0 aliphatic rings. The minimum Gasteiger partial charge on any atom is -0.875 e. The summed E-state index contributed by atoms with van der Waals surface area (Å²) in [4.78, 5) is 21.7. The molecule has 0 unspecified atom stereocenters. The maximum Gasteiger partial charge on any atom is 2.00 e. The third-order valence-electron chi connectivity index (χ3n) is 2.63. The zero-order valence-corrected chi connectivity index (χ0v) is 15.7. The standard InChI is InChI=1S/2C9H16O2.Cu/c2*1-3-5-8(10)7-9(11)6-4-2;/h2*7,10H,3-6H2,1-2H3;/q;;+2/p-2/b2*8-7-;. The molecule has 0 aromatic rings. The van der Waals surface area contributed by atoms with Crippen molar-refractivity contribution in [2.45, 2.75) is 79.1 Å². The molecule has 0 fully saturated rings. The van der Waals surface area contributed by atoms with Crippen LogP contribution in [0.25, 0.3) is 0 Å². The molecule has 0 rings (SSSR count). The molecule has 0 saturated heterocycles. The van der Waals surface area contributed by atoms with E-state index in [0.29, 0.717) is 25.7 Å². The van der Waals surface area contributed by atoms with Gasteiger partial charge >= 0.3 is 17.1 Å². The molecule has 0 aromatic heterocycles. The fourth-order valence-electron chi connectivity index (χ4n) is 1.63. The van der Waals surface area contributed by atoms with E-state index < -0.39 is 0 Å². The van der Waals surface area contributed by atoms with E-state index in [2.05, 4.69) is 0 Å². The van der Waals surface area contributed by atoms with Crippen LogP contribution < -0.4 is 10.2 Å². The molecule has 0 spiro atoms. The van der Waals surface area contributed by atoms with Gasteiger partial charge in [-0.3, -0.25) is 9.59 Å². The van der Waals surface area contributed by atoms with Gasteiger partial charge < -0.3 is 10.2 Å². The fourth-order valence-corrected chi connectivity index (χ4v) is 1.63. The summed E-state index contributed by atoms with van der Waals surface area (Å²) in [5.74, 6) is -0.145. The van der Waals surface area contributed by atoms with Crippen molar-refractivity contribution >= 4 is 11.6 Å². The molecule has 0 atom stereocenters. The molecule has 0 aromatic carbocycles. The first-order chi connectivity index (χ1) is 10.4. The zero-order chi connectivity index (χ0) is 17.4. The number of ketones is 2. The predicted molar refractivity (Wildman–Crippen MR) is 85.8 cm³/mol. The van der Waals surface area contributed by atoms with Gasteiger partial charge in [0.2, 0.25) is 0 Å². The first kappa shape index (κ1) is 26.8. The summed E-state index contributed by atoms with van der Waals surface area (Å²) < 4.78 is 0. The summed E-state index contributed by atoms with van der Waals surface area (Å²) in [6, 6.07) is 0. The third-order valence-corrected chi connectivity index (χ3v) is 2.63. The fraction of sp³-hybridized carbons (Fsp3) is 0.667. The smallest absolute Gasteiger partial charge is 0.875 e. The van der Waals surface area contributed by atoms with Crippen molar-refractivity contribution in [3.05, 3.63) is 23.7 Å². The maximum atomic E-state index is 10.9. The summed E-state index contributed by atoms with van der Waals surface area (Å²) in [6.07, 6.45) is 7.70. The van der Waals surface area contributed by atoms with Gasteiger partial charge in [-0.05, 0) is 37.8 Å². The average molecular weight is 374 g/mol. The minimum atomic E-state index is -0.0362. The SMILES string of the molecule is CCCC(=O)/C=C(\[O-])CCC.CCCC(=O)/C=C(\[O-])CCC.[Cu+2]. The van der Waals surface area contributed by atoms with Crippen LogP contribution in [-0.2, 0) is 26.7 Å². The molecule has 0 heterocycles. The summed E-state index contributed by atoms with van der Waals surface area (Å²) in [6.45, 7) is 7.71. The first-order valence-corrected chi connectivity index (χ1v) is 8.21. The van der Waals surface area contributed by atoms with Crippen LogP contribution in [0.1, 0.15) is 79.1 Å². The monoisotopic (exact) mass is 373 g/mol. The zero-order valence-electron chi connectivity index (χ0n) is 14.7. The Morgan fingerprint density at radius 2 is 0.913 bits per heavy atom. The van der Waals surface area contributed by atoms with Crippen molar-refractivity contribution in [1.29, 1.82) is 0 Å². The second kappa shape index (κ2) is 19.0. The van der Waals surface area contributed by atoms with E-state index in [-0.39, 0.29) is 40.2 Å². The molecule has 0 saturated carbocycles.